The number of hydrogen-bond donors (Lipinski definition) is 1. The second-order valence-corrected chi connectivity index (χ2v) is 5.29. The molecule has 0 saturated heterocycles. The van der Waals surface area contributed by atoms with Gasteiger partial charge in [0.2, 0.25) is 0 Å². The van der Waals surface area contributed by atoms with Crippen LogP contribution in [0.2, 0.25) is 0 Å². The minimum absolute atomic E-state index is 0.697. The summed E-state index contributed by atoms with van der Waals surface area (Å²) in [5.41, 5.74) is 0. The van der Waals surface area contributed by atoms with Crippen LogP contribution in [0.3, 0.4) is 0 Å². The van der Waals surface area contributed by atoms with E-state index >= 15 is 0 Å². The van der Waals surface area contributed by atoms with Crippen molar-refractivity contribution in [1.29, 1.82) is 0 Å². The number of aryl methyl sites for hydroxylation is 1. The first kappa shape index (κ1) is 13.4. The summed E-state index contributed by atoms with van der Waals surface area (Å²) in [6.45, 7) is 6.97. The average Bonchev–Trinajstić information content (AvgIpc) is 2.85. The quantitative estimate of drug-likeness (QED) is 0.789. The molecule has 4 heteroatoms. The van der Waals surface area contributed by atoms with Gasteiger partial charge < -0.3 is 10.1 Å². The Balaban J connectivity index is 1.58. The zero-order valence-corrected chi connectivity index (χ0v) is 11.6. The van der Waals surface area contributed by atoms with Crippen LogP contribution in [0.1, 0.15) is 39.5 Å². The Labute approximate surface area is 110 Å². The average molecular weight is 251 g/mol. The molecule has 0 aliphatic heterocycles. The predicted octanol–water partition coefficient (Wildman–Crippen LogP) is 2.45. The van der Waals surface area contributed by atoms with Crippen LogP contribution in [0.15, 0.2) is 12.4 Å². The molecule has 0 radical (unpaired) electrons. The van der Waals surface area contributed by atoms with Crippen LogP contribution in [0.5, 0.6) is 5.75 Å². The van der Waals surface area contributed by atoms with Crippen molar-refractivity contribution in [3.8, 4) is 5.75 Å². The van der Waals surface area contributed by atoms with Gasteiger partial charge >= 0.3 is 0 Å². The van der Waals surface area contributed by atoms with Crippen LogP contribution >= 0.6 is 0 Å². The Bertz CT molecular complexity index is 343. The molecule has 1 aromatic rings. The zero-order chi connectivity index (χ0) is 12.8. The zero-order valence-electron chi connectivity index (χ0n) is 11.6. The molecule has 1 saturated carbocycles. The van der Waals surface area contributed by atoms with Gasteiger partial charge in [0.05, 0.1) is 12.4 Å². The van der Waals surface area contributed by atoms with Gasteiger partial charge in [-0.05, 0) is 38.5 Å². The van der Waals surface area contributed by atoms with E-state index in [1.165, 1.54) is 25.7 Å². The third kappa shape index (κ3) is 4.02. The minimum Gasteiger partial charge on any atom is -0.489 e. The summed E-state index contributed by atoms with van der Waals surface area (Å²) >= 11 is 0. The van der Waals surface area contributed by atoms with Crippen LogP contribution in [0.4, 0.5) is 0 Å². The Morgan fingerprint density at radius 2 is 2.17 bits per heavy atom. The van der Waals surface area contributed by atoms with E-state index in [-0.39, 0.29) is 0 Å². The lowest BCUT2D eigenvalue weighted by molar-refractivity contribution is 0.270. The maximum atomic E-state index is 5.65. The molecule has 0 aromatic carbocycles. The van der Waals surface area contributed by atoms with Gasteiger partial charge in [-0.2, -0.15) is 5.10 Å². The first-order chi connectivity index (χ1) is 8.78. The van der Waals surface area contributed by atoms with Crippen LogP contribution in [-0.2, 0) is 6.54 Å². The molecule has 1 heterocycles. The fraction of sp³-hybridized carbons (Fsp3) is 0.786. The van der Waals surface area contributed by atoms with Crippen molar-refractivity contribution in [2.45, 2.75) is 52.1 Å². The molecule has 4 nitrogen and oxygen atoms in total. The highest BCUT2D eigenvalue weighted by Crippen LogP contribution is 2.23. The molecular formula is C14H25N3O. The number of nitrogens with one attached hydrogen (secondary N) is 1. The second kappa shape index (κ2) is 6.78. The highest BCUT2D eigenvalue weighted by atomic mass is 16.5. The van der Waals surface area contributed by atoms with Gasteiger partial charge in [0.15, 0.2) is 5.75 Å². The fourth-order valence-corrected chi connectivity index (χ4v) is 2.49. The molecule has 1 fully saturated rings. The van der Waals surface area contributed by atoms with Gasteiger partial charge in [0.1, 0.15) is 6.61 Å². The van der Waals surface area contributed by atoms with E-state index in [4.69, 9.17) is 4.74 Å². The van der Waals surface area contributed by atoms with E-state index in [0.717, 1.165) is 31.4 Å². The SMILES string of the molecule is CCn1cc(OCCNC2CCC(C)CC2)cn1. The molecule has 2 rings (SSSR count). The predicted molar refractivity (Wildman–Crippen MR) is 72.8 cm³/mol. The summed E-state index contributed by atoms with van der Waals surface area (Å²) in [4.78, 5) is 0. The van der Waals surface area contributed by atoms with Crippen LogP contribution in [0.25, 0.3) is 0 Å². The van der Waals surface area contributed by atoms with Crippen LogP contribution in [0, 0.1) is 5.92 Å². The lowest BCUT2D eigenvalue weighted by Crippen LogP contribution is -2.35. The second-order valence-electron chi connectivity index (χ2n) is 5.29. The Hall–Kier alpha value is -1.03. The number of aromatic nitrogens is 2. The lowest BCUT2D eigenvalue weighted by Gasteiger charge is -2.26. The van der Waals surface area contributed by atoms with E-state index in [2.05, 4.69) is 24.3 Å². The fourth-order valence-electron chi connectivity index (χ4n) is 2.49. The summed E-state index contributed by atoms with van der Waals surface area (Å²) in [6.07, 6.45) is 9.08. The van der Waals surface area contributed by atoms with E-state index in [0.29, 0.717) is 6.04 Å². The molecule has 0 amide bonds. The molecule has 1 aliphatic carbocycles. The lowest BCUT2D eigenvalue weighted by atomic mass is 9.87. The van der Waals surface area contributed by atoms with Gasteiger partial charge in [-0.15, -0.1) is 0 Å². The van der Waals surface area contributed by atoms with Crippen molar-refractivity contribution >= 4 is 0 Å². The van der Waals surface area contributed by atoms with Gasteiger partial charge in [-0.1, -0.05) is 6.92 Å². The molecule has 1 aliphatic rings. The van der Waals surface area contributed by atoms with Gasteiger partial charge in [-0.3, -0.25) is 4.68 Å². The maximum Gasteiger partial charge on any atom is 0.157 e. The Kier molecular flexibility index (Phi) is 5.05. The Morgan fingerprint density at radius 1 is 1.39 bits per heavy atom. The van der Waals surface area contributed by atoms with Crippen LogP contribution < -0.4 is 10.1 Å². The standard InChI is InChI=1S/C14H25N3O/c1-3-17-11-14(10-16-17)18-9-8-15-13-6-4-12(2)5-7-13/h10-13,15H,3-9H2,1-2H3. The van der Waals surface area contributed by atoms with Gasteiger partial charge in [-0.25, -0.2) is 0 Å². The molecule has 18 heavy (non-hydrogen) atoms. The molecule has 102 valence electrons. The highest BCUT2D eigenvalue weighted by Gasteiger charge is 2.17. The molecule has 0 spiro atoms. The van der Waals surface area contributed by atoms with E-state index in [1.54, 1.807) is 6.20 Å². The monoisotopic (exact) mass is 251 g/mol. The summed E-state index contributed by atoms with van der Waals surface area (Å²) < 4.78 is 7.54. The van der Waals surface area contributed by atoms with Crippen molar-refractivity contribution in [2.75, 3.05) is 13.2 Å². The van der Waals surface area contributed by atoms with Crippen molar-refractivity contribution in [3.05, 3.63) is 12.4 Å². The van der Waals surface area contributed by atoms with Crippen LogP contribution in [-0.4, -0.2) is 29.0 Å². The maximum absolute atomic E-state index is 5.65. The molecule has 0 bridgehead atoms. The third-order valence-electron chi connectivity index (χ3n) is 3.75. The van der Waals surface area contributed by atoms with Crippen molar-refractivity contribution in [2.24, 2.45) is 5.92 Å². The summed E-state index contributed by atoms with van der Waals surface area (Å²) in [7, 11) is 0. The number of rotatable bonds is 6. The summed E-state index contributed by atoms with van der Waals surface area (Å²) in [5.74, 6) is 1.79. The number of ether oxygens (including phenoxy) is 1. The molecule has 0 unspecified atom stereocenters. The Morgan fingerprint density at radius 3 is 2.83 bits per heavy atom. The van der Waals surface area contributed by atoms with Crippen molar-refractivity contribution in [1.82, 2.24) is 15.1 Å². The summed E-state index contributed by atoms with van der Waals surface area (Å²) in [5, 5.41) is 7.76. The third-order valence-corrected chi connectivity index (χ3v) is 3.75. The smallest absolute Gasteiger partial charge is 0.157 e. The summed E-state index contributed by atoms with van der Waals surface area (Å²) in [6, 6.07) is 0.697. The first-order valence-electron chi connectivity index (χ1n) is 7.16. The highest BCUT2D eigenvalue weighted by molar-refractivity contribution is 5.11. The van der Waals surface area contributed by atoms with Crippen molar-refractivity contribution < 1.29 is 4.74 Å². The molecule has 1 N–H and O–H groups in total. The largest absolute Gasteiger partial charge is 0.489 e. The number of nitrogens with zero attached hydrogens (tertiary/aromatic N) is 2. The number of hydrogen-bond acceptors (Lipinski definition) is 3. The normalized spacial score (nSPS) is 24.1. The van der Waals surface area contributed by atoms with Gasteiger partial charge in [0.25, 0.3) is 0 Å². The topological polar surface area (TPSA) is 39.1 Å². The molecular weight excluding hydrogens is 226 g/mol. The van der Waals surface area contributed by atoms with Crippen molar-refractivity contribution in [3.63, 3.8) is 0 Å². The van der Waals surface area contributed by atoms with E-state index in [1.807, 2.05) is 10.9 Å². The van der Waals surface area contributed by atoms with E-state index < -0.39 is 0 Å². The molecule has 1 aromatic heterocycles. The first-order valence-corrected chi connectivity index (χ1v) is 7.16. The molecule has 0 atom stereocenters. The van der Waals surface area contributed by atoms with E-state index in [9.17, 15) is 0 Å². The minimum atomic E-state index is 0.697. The van der Waals surface area contributed by atoms with Gasteiger partial charge in [0, 0.05) is 19.1 Å².